The number of hydrogen-bond donors (Lipinski definition) is 1. The van der Waals surface area contributed by atoms with Crippen molar-refractivity contribution >= 4 is 44.8 Å². The molecule has 1 fully saturated rings. The zero-order valence-electron chi connectivity index (χ0n) is 21.9. The maximum atomic E-state index is 14.4. The minimum atomic E-state index is -3.49. The summed E-state index contributed by atoms with van der Waals surface area (Å²) in [5.74, 6) is -3.37. The van der Waals surface area contributed by atoms with Crippen molar-refractivity contribution in [1.82, 2.24) is 0 Å². The number of benzene rings is 2. The van der Waals surface area contributed by atoms with Crippen LogP contribution in [-0.4, -0.2) is 36.3 Å². The molecule has 2 aromatic rings. The van der Waals surface area contributed by atoms with Gasteiger partial charge in [0.25, 0.3) is 0 Å². The Morgan fingerprint density at radius 3 is 2.16 bits per heavy atom. The van der Waals surface area contributed by atoms with Crippen LogP contribution < -0.4 is 0 Å². The Balaban J connectivity index is 2.30. The summed E-state index contributed by atoms with van der Waals surface area (Å²) in [4.78, 5) is 26.3. The summed E-state index contributed by atoms with van der Waals surface area (Å²) in [5.41, 5.74) is 0.606. The van der Waals surface area contributed by atoms with E-state index in [0.717, 1.165) is 11.1 Å². The number of sulfone groups is 1. The predicted octanol–water partition coefficient (Wildman–Crippen LogP) is 7.03. The van der Waals surface area contributed by atoms with Gasteiger partial charge < -0.3 is 5.11 Å². The number of carbonyl (C=O) groups is 2. The number of carboxylic acid groups (broad SMARTS) is 1. The summed E-state index contributed by atoms with van der Waals surface area (Å²) in [7, 11) is -3.49. The molecule has 0 aliphatic heterocycles. The molecule has 0 bridgehead atoms. The number of carbonyl (C=O) groups excluding carboxylic acids is 1. The topological polar surface area (TPSA) is 88.5 Å². The third-order valence-corrected chi connectivity index (χ3v) is 10.7. The molecule has 0 saturated heterocycles. The Hall–Kier alpha value is -1.89. The minimum absolute atomic E-state index is 0.135. The van der Waals surface area contributed by atoms with Crippen molar-refractivity contribution in [1.29, 1.82) is 0 Å². The molecule has 1 N–H and O–H groups in total. The second kappa shape index (κ2) is 11.5. The average Bonchev–Trinajstić information content (AvgIpc) is 2.79. The van der Waals surface area contributed by atoms with Crippen molar-refractivity contribution in [2.45, 2.75) is 64.5 Å². The number of halogens is 2. The van der Waals surface area contributed by atoms with Gasteiger partial charge in [-0.25, -0.2) is 8.42 Å². The number of ketones is 1. The van der Waals surface area contributed by atoms with Crippen molar-refractivity contribution in [3.05, 3.63) is 69.7 Å². The first kappa shape index (κ1) is 29.7. The fourth-order valence-corrected chi connectivity index (χ4v) is 7.68. The van der Waals surface area contributed by atoms with E-state index in [-0.39, 0.29) is 35.7 Å². The highest BCUT2D eigenvalue weighted by Gasteiger charge is 2.55. The summed E-state index contributed by atoms with van der Waals surface area (Å²) in [6, 6.07) is 14.7. The van der Waals surface area contributed by atoms with E-state index in [1.54, 1.807) is 39.0 Å². The summed E-state index contributed by atoms with van der Waals surface area (Å²) < 4.78 is 26.4. The Morgan fingerprint density at radius 2 is 1.65 bits per heavy atom. The lowest BCUT2D eigenvalue weighted by atomic mass is 9.53. The maximum Gasteiger partial charge on any atom is 0.304 e. The zero-order chi connectivity index (χ0) is 27.7. The van der Waals surface area contributed by atoms with Gasteiger partial charge in [-0.15, -0.1) is 0 Å². The van der Waals surface area contributed by atoms with Crippen LogP contribution in [0.25, 0.3) is 0 Å². The fraction of sp³-hybridized carbons (Fsp3) is 0.517. The SMILES string of the molecule is CC(C)C(CS(=O)(=O)C(C)C)C1C(=O)[C@@](C)(CC(=O)O)C[C@H](c2cccc(Cl)c2)[C@H]1c1ccc(Cl)cc1. The smallest absolute Gasteiger partial charge is 0.304 e. The van der Waals surface area contributed by atoms with Crippen LogP contribution in [0.1, 0.15) is 70.4 Å². The van der Waals surface area contributed by atoms with E-state index in [2.05, 4.69) is 0 Å². The molecular formula is C29H36Cl2O5S. The molecule has 1 aliphatic rings. The first-order valence-corrected chi connectivity index (χ1v) is 15.1. The maximum absolute atomic E-state index is 14.4. The molecule has 8 heteroatoms. The summed E-state index contributed by atoms with van der Waals surface area (Å²) >= 11 is 12.6. The summed E-state index contributed by atoms with van der Waals surface area (Å²) in [6.07, 6.45) is -0.0154. The minimum Gasteiger partial charge on any atom is -0.481 e. The van der Waals surface area contributed by atoms with Crippen LogP contribution in [0.4, 0.5) is 0 Å². The van der Waals surface area contributed by atoms with Gasteiger partial charge in [0.1, 0.15) is 5.78 Å². The third-order valence-electron chi connectivity index (χ3n) is 7.92. The number of Topliss-reactive ketones (excluding diaryl/α,β-unsaturated/α-hetero) is 1. The van der Waals surface area contributed by atoms with Gasteiger partial charge in [-0.05, 0) is 73.4 Å². The molecular weight excluding hydrogens is 531 g/mol. The lowest BCUT2D eigenvalue weighted by molar-refractivity contribution is -0.150. The standard InChI is InChI=1S/C29H36Cl2O5S/c1-17(2)24(16-37(35,36)18(3)4)27-26(19-9-11-21(30)12-10-19)23(20-7-6-8-22(31)13-20)14-29(5,28(27)34)15-25(32)33/h6-13,17-18,23-24,26-27H,14-16H2,1-5H3,(H,32,33)/t23-,24?,26-,27?,29-/m1/s1. The van der Waals surface area contributed by atoms with E-state index in [1.807, 2.05) is 44.2 Å². The lowest BCUT2D eigenvalue weighted by Crippen LogP contribution is -2.51. The predicted molar refractivity (Wildman–Crippen MR) is 149 cm³/mol. The monoisotopic (exact) mass is 566 g/mol. The van der Waals surface area contributed by atoms with Crippen molar-refractivity contribution in [2.24, 2.45) is 23.2 Å². The van der Waals surface area contributed by atoms with Gasteiger partial charge >= 0.3 is 5.97 Å². The molecule has 0 radical (unpaired) electrons. The quantitative estimate of drug-likeness (QED) is 0.352. The Kier molecular flexibility index (Phi) is 9.19. The molecule has 1 saturated carbocycles. The van der Waals surface area contributed by atoms with Crippen molar-refractivity contribution in [3.8, 4) is 0 Å². The molecule has 2 aromatic carbocycles. The van der Waals surface area contributed by atoms with E-state index < -0.39 is 38.3 Å². The van der Waals surface area contributed by atoms with Crippen molar-refractivity contribution in [2.75, 3.05) is 5.75 Å². The molecule has 0 heterocycles. The molecule has 5 atom stereocenters. The Labute approximate surface area is 230 Å². The normalized spacial score (nSPS) is 25.4. The van der Waals surface area contributed by atoms with E-state index in [1.165, 1.54) is 0 Å². The molecule has 1 aliphatic carbocycles. The van der Waals surface area contributed by atoms with Gasteiger partial charge in [-0.3, -0.25) is 9.59 Å². The van der Waals surface area contributed by atoms with E-state index in [0.29, 0.717) is 16.5 Å². The number of rotatable bonds is 9. The first-order chi connectivity index (χ1) is 17.2. The van der Waals surface area contributed by atoms with Crippen LogP contribution >= 0.6 is 23.2 Å². The highest BCUT2D eigenvalue weighted by atomic mass is 35.5. The summed E-state index contributed by atoms with van der Waals surface area (Å²) in [5, 5.41) is 10.3. The van der Waals surface area contributed by atoms with Crippen LogP contribution in [0.3, 0.4) is 0 Å². The van der Waals surface area contributed by atoms with Gasteiger partial charge in [0, 0.05) is 27.3 Å². The lowest BCUT2D eigenvalue weighted by Gasteiger charge is -2.49. The van der Waals surface area contributed by atoms with Crippen LogP contribution in [0.5, 0.6) is 0 Å². The molecule has 3 rings (SSSR count). The van der Waals surface area contributed by atoms with Crippen LogP contribution in [0.15, 0.2) is 48.5 Å². The molecule has 2 unspecified atom stereocenters. The van der Waals surface area contributed by atoms with Crippen LogP contribution in [0, 0.1) is 23.2 Å². The number of aliphatic carboxylic acids is 1. The molecule has 0 spiro atoms. The highest BCUT2D eigenvalue weighted by Crippen LogP contribution is 2.56. The zero-order valence-corrected chi connectivity index (χ0v) is 24.3. The van der Waals surface area contributed by atoms with Gasteiger partial charge in [0.2, 0.25) is 0 Å². The number of hydrogen-bond acceptors (Lipinski definition) is 4. The van der Waals surface area contributed by atoms with Gasteiger partial charge in [-0.1, -0.05) is 68.2 Å². The van der Waals surface area contributed by atoms with Crippen LogP contribution in [-0.2, 0) is 19.4 Å². The average molecular weight is 568 g/mol. The summed E-state index contributed by atoms with van der Waals surface area (Å²) in [6.45, 7) is 8.87. The highest BCUT2D eigenvalue weighted by molar-refractivity contribution is 7.91. The molecule has 0 amide bonds. The van der Waals surface area contributed by atoms with Crippen molar-refractivity contribution < 1.29 is 23.1 Å². The molecule has 37 heavy (non-hydrogen) atoms. The second-order valence-corrected chi connectivity index (χ2v) is 14.7. The van der Waals surface area contributed by atoms with Gasteiger partial charge in [0.05, 0.1) is 17.4 Å². The van der Waals surface area contributed by atoms with Gasteiger partial charge in [-0.2, -0.15) is 0 Å². The third kappa shape index (κ3) is 6.58. The number of carboxylic acids is 1. The van der Waals surface area contributed by atoms with E-state index in [9.17, 15) is 23.1 Å². The Bertz CT molecular complexity index is 1240. The van der Waals surface area contributed by atoms with E-state index >= 15 is 0 Å². The first-order valence-electron chi connectivity index (χ1n) is 12.6. The fourth-order valence-electron chi connectivity index (χ4n) is 5.84. The second-order valence-electron chi connectivity index (χ2n) is 11.3. The van der Waals surface area contributed by atoms with Crippen LogP contribution in [0.2, 0.25) is 10.0 Å². The largest absolute Gasteiger partial charge is 0.481 e. The molecule has 0 aromatic heterocycles. The van der Waals surface area contributed by atoms with Crippen molar-refractivity contribution in [3.63, 3.8) is 0 Å². The Morgan fingerprint density at radius 1 is 1.03 bits per heavy atom. The molecule has 202 valence electrons. The molecule has 5 nitrogen and oxygen atoms in total. The van der Waals surface area contributed by atoms with Gasteiger partial charge in [0.15, 0.2) is 9.84 Å². The van der Waals surface area contributed by atoms with E-state index in [4.69, 9.17) is 23.2 Å².